The van der Waals surface area contributed by atoms with Gasteiger partial charge in [-0.1, -0.05) is 36.7 Å². The second-order valence-electron chi connectivity index (χ2n) is 4.27. The van der Waals surface area contributed by atoms with Crippen LogP contribution in [0.2, 0.25) is 0 Å². The minimum atomic E-state index is -0.199. The molecule has 4 nitrogen and oxygen atoms in total. The average molecular weight is 293 g/mol. The van der Waals surface area contributed by atoms with Gasteiger partial charge in [-0.25, -0.2) is 0 Å². The van der Waals surface area contributed by atoms with Crippen LogP contribution in [0.25, 0.3) is 0 Å². The van der Waals surface area contributed by atoms with Crippen LogP contribution in [0, 0.1) is 5.92 Å². The van der Waals surface area contributed by atoms with Crippen molar-refractivity contribution in [2.45, 2.75) is 32.0 Å². The van der Waals surface area contributed by atoms with Crippen LogP contribution < -0.4 is 5.32 Å². The molecule has 0 saturated heterocycles. The molecule has 0 saturated carbocycles. The number of hydrogen-bond donors (Lipinski definition) is 1. The molecule has 5 heteroatoms. The third kappa shape index (κ3) is 6.10. The lowest BCUT2D eigenvalue weighted by atomic mass is 10.2. The molecule has 0 spiro atoms. The Labute approximate surface area is 106 Å². The quantitative estimate of drug-likeness (QED) is 0.752. The first kappa shape index (κ1) is 15.4. The minimum Gasteiger partial charge on any atom is -0.354 e. The summed E-state index contributed by atoms with van der Waals surface area (Å²) in [4.78, 5) is 24.3. The highest BCUT2D eigenvalue weighted by Gasteiger charge is 2.19. The van der Waals surface area contributed by atoms with Crippen LogP contribution >= 0.6 is 15.9 Å². The van der Waals surface area contributed by atoms with Gasteiger partial charge in [0.15, 0.2) is 0 Å². The van der Waals surface area contributed by atoms with Crippen LogP contribution in [0.1, 0.15) is 27.2 Å². The summed E-state index contributed by atoms with van der Waals surface area (Å²) in [5.74, 6) is 0.257. The first-order chi connectivity index (χ1) is 7.38. The molecule has 0 bridgehead atoms. The number of nitrogens with one attached hydrogen (secondary N) is 1. The van der Waals surface area contributed by atoms with E-state index < -0.39 is 0 Å². The van der Waals surface area contributed by atoms with Crippen molar-refractivity contribution in [3.63, 3.8) is 0 Å². The van der Waals surface area contributed by atoms with Crippen LogP contribution in [0.4, 0.5) is 0 Å². The molecule has 0 heterocycles. The molecule has 0 radical (unpaired) electrons. The van der Waals surface area contributed by atoms with Gasteiger partial charge < -0.3 is 10.2 Å². The predicted molar refractivity (Wildman–Crippen MR) is 68.5 cm³/mol. The summed E-state index contributed by atoms with van der Waals surface area (Å²) in [7, 11) is 1.64. The van der Waals surface area contributed by atoms with Gasteiger partial charge in [0.25, 0.3) is 0 Å². The topological polar surface area (TPSA) is 49.4 Å². The lowest BCUT2D eigenvalue weighted by molar-refractivity contribution is -0.134. The van der Waals surface area contributed by atoms with Crippen molar-refractivity contribution in [3.05, 3.63) is 0 Å². The van der Waals surface area contributed by atoms with Crippen molar-refractivity contribution in [3.8, 4) is 0 Å². The maximum absolute atomic E-state index is 11.6. The van der Waals surface area contributed by atoms with E-state index >= 15 is 0 Å². The van der Waals surface area contributed by atoms with Crippen LogP contribution in [-0.4, -0.2) is 41.7 Å². The summed E-state index contributed by atoms with van der Waals surface area (Å²) >= 11 is 3.27. The fourth-order valence-corrected chi connectivity index (χ4v) is 1.43. The van der Waals surface area contributed by atoms with E-state index in [1.165, 1.54) is 4.90 Å². The largest absolute Gasteiger partial charge is 0.354 e. The van der Waals surface area contributed by atoms with Gasteiger partial charge in [0, 0.05) is 13.6 Å². The van der Waals surface area contributed by atoms with E-state index in [1.54, 1.807) is 7.05 Å². The molecule has 2 amide bonds. The van der Waals surface area contributed by atoms with Gasteiger partial charge >= 0.3 is 0 Å². The molecule has 0 aliphatic carbocycles. The molecule has 0 aliphatic heterocycles. The van der Waals surface area contributed by atoms with E-state index in [2.05, 4.69) is 21.2 Å². The van der Waals surface area contributed by atoms with Crippen molar-refractivity contribution in [1.82, 2.24) is 10.2 Å². The molecule has 1 atom stereocenters. The molecule has 0 aromatic rings. The fraction of sp³-hybridized carbons (Fsp3) is 0.818. The molecule has 1 N–H and O–H groups in total. The van der Waals surface area contributed by atoms with Crippen molar-refractivity contribution in [2.75, 3.05) is 20.1 Å². The number of carbonyl (C=O) groups is 2. The zero-order valence-corrected chi connectivity index (χ0v) is 12.0. The van der Waals surface area contributed by atoms with E-state index in [0.717, 1.165) is 6.42 Å². The smallest absolute Gasteiger partial charge is 0.239 e. The van der Waals surface area contributed by atoms with Crippen molar-refractivity contribution in [1.29, 1.82) is 0 Å². The molecule has 0 rings (SSSR count). The molecule has 1 unspecified atom stereocenters. The third-order valence-electron chi connectivity index (χ3n) is 2.09. The van der Waals surface area contributed by atoms with Gasteiger partial charge in [0.2, 0.25) is 11.8 Å². The average Bonchev–Trinajstić information content (AvgIpc) is 2.24. The number of likely N-dealkylation sites (N-methyl/N-ethyl adjacent to an activating group) is 1. The number of carbonyl (C=O) groups excluding carboxylic acids is 2. The summed E-state index contributed by atoms with van der Waals surface area (Å²) in [6, 6.07) is 0. The maximum atomic E-state index is 11.6. The predicted octanol–water partition coefficient (Wildman–Crippen LogP) is 1.39. The lowest BCUT2D eigenvalue weighted by Crippen LogP contribution is -2.42. The summed E-state index contributed by atoms with van der Waals surface area (Å²) in [6.45, 7) is 6.74. The molecule has 16 heavy (non-hydrogen) atoms. The molecule has 0 aromatic heterocycles. The molecule has 0 fully saturated rings. The van der Waals surface area contributed by atoms with E-state index in [9.17, 15) is 9.59 Å². The van der Waals surface area contributed by atoms with Crippen LogP contribution in [0.5, 0.6) is 0 Å². The summed E-state index contributed by atoms with van der Waals surface area (Å²) in [6.07, 6.45) is 0.719. The maximum Gasteiger partial charge on any atom is 0.239 e. The summed E-state index contributed by atoms with van der Waals surface area (Å²) in [5, 5.41) is 2.78. The van der Waals surface area contributed by atoms with Crippen LogP contribution in [-0.2, 0) is 9.59 Å². The number of alkyl halides is 1. The Kier molecular flexibility index (Phi) is 7.38. The lowest BCUT2D eigenvalue weighted by Gasteiger charge is -2.19. The van der Waals surface area contributed by atoms with E-state index in [-0.39, 0.29) is 23.2 Å². The summed E-state index contributed by atoms with van der Waals surface area (Å²) in [5.41, 5.74) is 0. The van der Waals surface area contributed by atoms with Gasteiger partial charge in [-0.3, -0.25) is 9.59 Å². The molecular formula is C11H21BrN2O2. The van der Waals surface area contributed by atoms with Gasteiger partial charge in [-0.05, 0) is 12.3 Å². The monoisotopic (exact) mass is 292 g/mol. The molecule has 94 valence electrons. The highest BCUT2D eigenvalue weighted by atomic mass is 79.9. The molecule has 0 aliphatic rings. The fourth-order valence-electron chi connectivity index (χ4n) is 1.08. The van der Waals surface area contributed by atoms with E-state index in [0.29, 0.717) is 12.5 Å². The number of amides is 2. The summed E-state index contributed by atoms with van der Waals surface area (Å²) < 4.78 is 0. The zero-order valence-electron chi connectivity index (χ0n) is 10.4. The first-order valence-corrected chi connectivity index (χ1v) is 6.45. The zero-order chi connectivity index (χ0) is 12.7. The molecular weight excluding hydrogens is 272 g/mol. The molecule has 0 aromatic carbocycles. The van der Waals surface area contributed by atoms with Crippen LogP contribution in [0.3, 0.4) is 0 Å². The number of rotatable bonds is 6. The Morgan fingerprint density at radius 1 is 1.38 bits per heavy atom. The van der Waals surface area contributed by atoms with Crippen LogP contribution in [0.15, 0.2) is 0 Å². The number of nitrogens with zero attached hydrogens (tertiary/aromatic N) is 1. The van der Waals surface area contributed by atoms with Gasteiger partial charge in [-0.2, -0.15) is 0 Å². The van der Waals surface area contributed by atoms with Crippen molar-refractivity contribution >= 4 is 27.7 Å². The second-order valence-corrected chi connectivity index (χ2v) is 5.37. The Morgan fingerprint density at radius 3 is 2.38 bits per heavy atom. The van der Waals surface area contributed by atoms with E-state index in [4.69, 9.17) is 0 Å². The highest BCUT2D eigenvalue weighted by Crippen LogP contribution is 2.07. The standard InChI is InChI=1S/C11H21BrN2O2/c1-5-9(12)11(16)14(4)7-10(15)13-6-8(2)3/h8-9H,5-7H2,1-4H3,(H,13,15). The van der Waals surface area contributed by atoms with E-state index in [1.807, 2.05) is 20.8 Å². The Balaban J connectivity index is 3.99. The van der Waals surface area contributed by atoms with Crippen molar-refractivity contribution < 1.29 is 9.59 Å². The first-order valence-electron chi connectivity index (χ1n) is 5.54. The Hall–Kier alpha value is -0.580. The number of hydrogen-bond acceptors (Lipinski definition) is 2. The normalized spacial score (nSPS) is 12.4. The van der Waals surface area contributed by atoms with Gasteiger partial charge in [0.05, 0.1) is 11.4 Å². The Morgan fingerprint density at radius 2 is 1.94 bits per heavy atom. The van der Waals surface area contributed by atoms with Gasteiger partial charge in [0.1, 0.15) is 0 Å². The number of halogens is 1. The Bertz CT molecular complexity index is 244. The SMILES string of the molecule is CCC(Br)C(=O)N(C)CC(=O)NCC(C)C. The second kappa shape index (κ2) is 7.65. The third-order valence-corrected chi connectivity index (χ3v) is 3.13. The highest BCUT2D eigenvalue weighted by molar-refractivity contribution is 9.10. The van der Waals surface area contributed by atoms with Gasteiger partial charge in [-0.15, -0.1) is 0 Å². The minimum absolute atomic E-state index is 0.0535. The van der Waals surface area contributed by atoms with Crippen molar-refractivity contribution in [2.24, 2.45) is 5.92 Å².